The van der Waals surface area contributed by atoms with E-state index in [0.717, 1.165) is 24.1 Å². The van der Waals surface area contributed by atoms with Gasteiger partial charge in [0.15, 0.2) is 11.5 Å². The molecule has 1 aliphatic heterocycles. The molecule has 0 aliphatic carbocycles. The molecule has 1 aromatic heterocycles. The third-order valence-electron chi connectivity index (χ3n) is 4.09. The van der Waals surface area contributed by atoms with Gasteiger partial charge in [0.25, 0.3) is 0 Å². The monoisotopic (exact) mass is 340 g/mol. The standard InChI is InChI=1S/C18H20N4O3/c1-4-5-21-16-11-6-10-7-14(23-2)15(24-3)8-13(10)25-18(11)22-17(20)12(16)9-19/h7-8H,4-6H2,1-3H3,(H3,20,21,22). The number of nitriles is 1. The van der Waals surface area contributed by atoms with Crippen LogP contribution < -0.4 is 25.3 Å². The predicted octanol–water partition coefficient (Wildman–Crippen LogP) is 3.07. The molecule has 0 radical (unpaired) electrons. The summed E-state index contributed by atoms with van der Waals surface area (Å²) in [7, 11) is 3.16. The molecule has 0 unspecified atom stereocenters. The van der Waals surface area contributed by atoms with E-state index in [4.69, 9.17) is 19.9 Å². The third kappa shape index (κ3) is 2.87. The Morgan fingerprint density at radius 2 is 2.04 bits per heavy atom. The summed E-state index contributed by atoms with van der Waals surface area (Å²) >= 11 is 0. The molecule has 0 saturated heterocycles. The van der Waals surface area contributed by atoms with Crippen molar-refractivity contribution >= 4 is 11.5 Å². The van der Waals surface area contributed by atoms with E-state index in [9.17, 15) is 5.26 Å². The minimum Gasteiger partial charge on any atom is -0.493 e. The fourth-order valence-corrected chi connectivity index (χ4v) is 2.86. The van der Waals surface area contributed by atoms with E-state index in [1.807, 2.05) is 6.07 Å². The average molecular weight is 340 g/mol. The number of nitrogen functional groups attached to an aromatic ring is 1. The highest BCUT2D eigenvalue weighted by molar-refractivity contribution is 5.74. The van der Waals surface area contributed by atoms with Gasteiger partial charge in [-0.15, -0.1) is 0 Å². The first-order chi connectivity index (χ1) is 12.1. The molecule has 1 aliphatic rings. The molecule has 0 amide bonds. The van der Waals surface area contributed by atoms with Crippen LogP contribution in [0.5, 0.6) is 23.1 Å². The van der Waals surface area contributed by atoms with E-state index in [0.29, 0.717) is 40.8 Å². The quantitative estimate of drug-likeness (QED) is 0.735. The second kappa shape index (κ2) is 6.77. The molecule has 3 N–H and O–H groups in total. The van der Waals surface area contributed by atoms with Crippen LogP contribution in [-0.4, -0.2) is 25.7 Å². The van der Waals surface area contributed by atoms with Crippen molar-refractivity contribution < 1.29 is 14.2 Å². The summed E-state index contributed by atoms with van der Waals surface area (Å²) in [4.78, 5) is 4.27. The summed E-state index contributed by atoms with van der Waals surface area (Å²) in [5.41, 5.74) is 8.73. The number of benzene rings is 1. The topological polar surface area (TPSA) is 102 Å². The number of aromatic nitrogens is 1. The van der Waals surface area contributed by atoms with Gasteiger partial charge in [-0.05, 0) is 12.5 Å². The van der Waals surface area contributed by atoms with Crippen LogP contribution in [0.15, 0.2) is 12.1 Å². The number of nitrogens with one attached hydrogen (secondary N) is 1. The first kappa shape index (κ1) is 16.7. The van der Waals surface area contributed by atoms with E-state index >= 15 is 0 Å². The van der Waals surface area contributed by atoms with Crippen molar-refractivity contribution in [2.24, 2.45) is 0 Å². The summed E-state index contributed by atoms with van der Waals surface area (Å²) in [6.07, 6.45) is 1.48. The van der Waals surface area contributed by atoms with Crippen molar-refractivity contribution in [2.75, 3.05) is 31.8 Å². The minimum atomic E-state index is 0.156. The maximum absolute atomic E-state index is 9.46. The van der Waals surface area contributed by atoms with Crippen molar-refractivity contribution in [3.63, 3.8) is 0 Å². The molecule has 7 nitrogen and oxygen atoms in total. The smallest absolute Gasteiger partial charge is 0.226 e. The molecule has 0 fully saturated rings. The van der Waals surface area contributed by atoms with Gasteiger partial charge in [-0.2, -0.15) is 10.2 Å². The summed E-state index contributed by atoms with van der Waals surface area (Å²) in [5.74, 6) is 2.41. The number of ether oxygens (including phenoxy) is 3. The van der Waals surface area contributed by atoms with E-state index in [-0.39, 0.29) is 5.82 Å². The van der Waals surface area contributed by atoms with E-state index < -0.39 is 0 Å². The van der Waals surface area contributed by atoms with Crippen LogP contribution >= 0.6 is 0 Å². The van der Waals surface area contributed by atoms with Gasteiger partial charge in [0.1, 0.15) is 23.2 Å². The van der Waals surface area contributed by atoms with Gasteiger partial charge in [0.05, 0.1) is 19.9 Å². The molecule has 2 heterocycles. The minimum absolute atomic E-state index is 0.156. The molecule has 0 atom stereocenters. The third-order valence-corrected chi connectivity index (χ3v) is 4.09. The Hall–Kier alpha value is -3.14. The number of pyridine rings is 1. The van der Waals surface area contributed by atoms with Crippen molar-refractivity contribution in [3.05, 3.63) is 28.8 Å². The van der Waals surface area contributed by atoms with Gasteiger partial charge < -0.3 is 25.3 Å². The fraction of sp³-hybridized carbons (Fsp3) is 0.333. The number of nitrogens with two attached hydrogens (primary N) is 1. The summed E-state index contributed by atoms with van der Waals surface area (Å²) in [6.45, 7) is 2.78. The van der Waals surface area contributed by atoms with Crippen LogP contribution in [0.25, 0.3) is 0 Å². The van der Waals surface area contributed by atoms with Crippen LogP contribution in [0.1, 0.15) is 30.0 Å². The number of hydrogen-bond donors (Lipinski definition) is 2. The van der Waals surface area contributed by atoms with E-state index in [1.54, 1.807) is 20.3 Å². The second-order valence-electron chi connectivity index (χ2n) is 5.66. The molecule has 130 valence electrons. The van der Waals surface area contributed by atoms with Gasteiger partial charge in [-0.1, -0.05) is 6.92 Å². The molecule has 0 saturated carbocycles. The molecule has 7 heteroatoms. The first-order valence-corrected chi connectivity index (χ1v) is 8.01. The summed E-state index contributed by atoms with van der Waals surface area (Å²) in [5, 5.41) is 12.7. The van der Waals surface area contributed by atoms with Crippen molar-refractivity contribution in [1.82, 2.24) is 4.98 Å². The predicted molar refractivity (Wildman–Crippen MR) is 94.6 cm³/mol. The molecule has 3 rings (SSSR count). The Morgan fingerprint density at radius 3 is 2.68 bits per heavy atom. The fourth-order valence-electron chi connectivity index (χ4n) is 2.86. The lowest BCUT2D eigenvalue weighted by Crippen LogP contribution is -2.14. The van der Waals surface area contributed by atoms with Crippen LogP contribution in [-0.2, 0) is 6.42 Å². The zero-order valence-electron chi connectivity index (χ0n) is 14.5. The van der Waals surface area contributed by atoms with Gasteiger partial charge >= 0.3 is 0 Å². The Kier molecular flexibility index (Phi) is 4.52. The van der Waals surface area contributed by atoms with Crippen LogP contribution in [0.2, 0.25) is 0 Å². The highest BCUT2D eigenvalue weighted by atomic mass is 16.5. The lowest BCUT2D eigenvalue weighted by atomic mass is 9.98. The lowest BCUT2D eigenvalue weighted by molar-refractivity contribution is 0.349. The molecular formula is C18H20N4O3. The number of nitrogens with zero attached hydrogens (tertiary/aromatic N) is 2. The SMILES string of the molecule is CCCNc1c(C#N)c(N)nc2c1Cc1cc(OC)c(OC)cc1O2. The van der Waals surface area contributed by atoms with E-state index in [2.05, 4.69) is 23.3 Å². The first-order valence-electron chi connectivity index (χ1n) is 8.01. The van der Waals surface area contributed by atoms with Crippen LogP contribution in [0.4, 0.5) is 11.5 Å². The Bertz CT molecular complexity index is 859. The molecule has 25 heavy (non-hydrogen) atoms. The van der Waals surface area contributed by atoms with Crippen LogP contribution in [0, 0.1) is 11.3 Å². The number of anilines is 2. The van der Waals surface area contributed by atoms with Crippen molar-refractivity contribution in [3.8, 4) is 29.2 Å². The normalized spacial score (nSPS) is 11.6. The van der Waals surface area contributed by atoms with Gasteiger partial charge in [0, 0.05) is 30.2 Å². The Labute approximate surface area is 146 Å². The average Bonchev–Trinajstić information content (AvgIpc) is 2.63. The largest absolute Gasteiger partial charge is 0.493 e. The Balaban J connectivity index is 2.12. The van der Waals surface area contributed by atoms with Gasteiger partial charge in [-0.3, -0.25) is 0 Å². The maximum Gasteiger partial charge on any atom is 0.226 e. The van der Waals surface area contributed by atoms with Crippen molar-refractivity contribution in [2.45, 2.75) is 19.8 Å². The number of methoxy groups -OCH3 is 2. The molecule has 0 bridgehead atoms. The number of hydrogen-bond acceptors (Lipinski definition) is 7. The second-order valence-corrected chi connectivity index (χ2v) is 5.66. The highest BCUT2D eigenvalue weighted by Gasteiger charge is 2.27. The maximum atomic E-state index is 9.46. The molecule has 2 aromatic rings. The zero-order chi connectivity index (χ0) is 18.0. The summed E-state index contributed by atoms with van der Waals surface area (Å²) in [6, 6.07) is 5.79. The summed E-state index contributed by atoms with van der Waals surface area (Å²) < 4.78 is 16.6. The molecule has 0 spiro atoms. The molecule has 1 aromatic carbocycles. The van der Waals surface area contributed by atoms with Crippen molar-refractivity contribution in [1.29, 1.82) is 5.26 Å². The van der Waals surface area contributed by atoms with E-state index in [1.165, 1.54) is 0 Å². The zero-order valence-corrected chi connectivity index (χ0v) is 14.5. The Morgan fingerprint density at radius 1 is 1.32 bits per heavy atom. The highest BCUT2D eigenvalue weighted by Crippen LogP contribution is 2.45. The number of fused-ring (bicyclic) bond motifs is 2. The van der Waals surface area contributed by atoms with Gasteiger partial charge in [-0.25, -0.2) is 0 Å². The number of rotatable bonds is 5. The molecular weight excluding hydrogens is 320 g/mol. The lowest BCUT2D eigenvalue weighted by Gasteiger charge is -2.24. The van der Waals surface area contributed by atoms with Gasteiger partial charge in [0.2, 0.25) is 5.88 Å². The van der Waals surface area contributed by atoms with Crippen LogP contribution in [0.3, 0.4) is 0 Å².